The van der Waals surface area contributed by atoms with Gasteiger partial charge in [0.1, 0.15) is 0 Å². The number of benzene rings is 1. The molecule has 3 aliphatic heterocycles. The molecule has 6 heteroatoms. The van der Waals surface area contributed by atoms with E-state index < -0.39 is 0 Å². The van der Waals surface area contributed by atoms with Gasteiger partial charge in [0.25, 0.3) is 0 Å². The normalized spacial score (nSPS) is 24.5. The van der Waals surface area contributed by atoms with Crippen LogP contribution >= 0.6 is 0 Å². The lowest BCUT2D eigenvalue weighted by molar-refractivity contribution is -0.135. The Morgan fingerprint density at radius 2 is 1.84 bits per heavy atom. The number of hydrogen-bond donors (Lipinski definition) is 0. The molecule has 0 bridgehead atoms. The van der Waals surface area contributed by atoms with Crippen molar-refractivity contribution >= 4 is 11.9 Å². The summed E-state index contributed by atoms with van der Waals surface area (Å²) in [5.41, 5.74) is 3.59. The van der Waals surface area contributed by atoms with Crippen molar-refractivity contribution in [1.82, 2.24) is 19.8 Å². The molecule has 0 unspecified atom stereocenters. The van der Waals surface area contributed by atoms with Crippen LogP contribution in [0.15, 0.2) is 36.5 Å². The second kappa shape index (κ2) is 9.57. The zero-order chi connectivity index (χ0) is 21.9. The number of likely N-dealkylation sites (tertiary alicyclic amines) is 2. The third-order valence-corrected chi connectivity index (χ3v) is 7.38. The van der Waals surface area contributed by atoms with E-state index in [0.717, 1.165) is 70.0 Å². The fourth-order valence-electron chi connectivity index (χ4n) is 5.76. The van der Waals surface area contributed by atoms with Gasteiger partial charge in [-0.15, -0.1) is 0 Å². The summed E-state index contributed by atoms with van der Waals surface area (Å²) in [5.74, 6) is 1.20. The molecule has 170 valence electrons. The Balaban J connectivity index is 1.33. The predicted molar refractivity (Wildman–Crippen MR) is 126 cm³/mol. The summed E-state index contributed by atoms with van der Waals surface area (Å²) in [5, 5.41) is 0. The second-order valence-electron chi connectivity index (χ2n) is 9.69. The number of hydrogen-bond acceptors (Lipinski definition) is 5. The quantitative estimate of drug-likeness (QED) is 0.715. The zero-order valence-electron chi connectivity index (χ0n) is 19.2. The molecular formula is C26H35N5O. The molecule has 0 aliphatic carbocycles. The Morgan fingerprint density at radius 3 is 2.69 bits per heavy atom. The first-order chi connectivity index (χ1) is 15.7. The highest BCUT2D eigenvalue weighted by Crippen LogP contribution is 2.32. The molecule has 0 spiro atoms. The monoisotopic (exact) mass is 433 g/mol. The maximum atomic E-state index is 13.1. The molecule has 5 rings (SSSR count). The van der Waals surface area contributed by atoms with Crippen molar-refractivity contribution < 1.29 is 4.79 Å². The Morgan fingerprint density at radius 1 is 0.969 bits per heavy atom. The van der Waals surface area contributed by atoms with Crippen LogP contribution in [0.2, 0.25) is 0 Å². The molecule has 0 radical (unpaired) electrons. The highest BCUT2D eigenvalue weighted by Gasteiger charge is 2.40. The molecule has 0 N–H and O–H groups in total. The fourth-order valence-corrected chi connectivity index (χ4v) is 5.76. The summed E-state index contributed by atoms with van der Waals surface area (Å²) < 4.78 is 0. The molecule has 3 saturated heterocycles. The smallest absolute Gasteiger partial charge is 0.225 e. The van der Waals surface area contributed by atoms with E-state index in [1.165, 1.54) is 24.0 Å². The molecule has 2 aromatic rings. The first kappa shape index (κ1) is 21.4. The lowest BCUT2D eigenvalue weighted by Gasteiger charge is -2.37. The van der Waals surface area contributed by atoms with E-state index in [0.29, 0.717) is 24.4 Å². The Hall–Kier alpha value is -2.47. The van der Waals surface area contributed by atoms with Crippen LogP contribution in [0.1, 0.15) is 61.8 Å². The summed E-state index contributed by atoms with van der Waals surface area (Å²) in [6, 6.07) is 11.4. The average molecular weight is 434 g/mol. The Labute approximate surface area is 191 Å². The fraction of sp³-hybridized carbons (Fsp3) is 0.577. The summed E-state index contributed by atoms with van der Waals surface area (Å²) in [4.78, 5) is 29.6. The van der Waals surface area contributed by atoms with Crippen LogP contribution in [-0.2, 0) is 17.9 Å². The van der Waals surface area contributed by atoms with Gasteiger partial charge in [0.05, 0.1) is 5.69 Å². The number of carbonyl (C=O) groups is 1. The minimum absolute atomic E-state index is 0.295. The first-order valence-corrected chi connectivity index (χ1v) is 12.3. The van der Waals surface area contributed by atoms with Crippen molar-refractivity contribution in [3.63, 3.8) is 0 Å². The Bertz CT molecular complexity index is 941. The number of rotatable bonds is 5. The molecule has 1 amide bonds. The third kappa shape index (κ3) is 4.65. The lowest BCUT2D eigenvalue weighted by Crippen LogP contribution is -2.48. The minimum atomic E-state index is 0.295. The van der Waals surface area contributed by atoms with Crippen molar-refractivity contribution in [3.05, 3.63) is 53.3 Å². The summed E-state index contributed by atoms with van der Waals surface area (Å²) >= 11 is 0. The first-order valence-electron chi connectivity index (χ1n) is 12.3. The van der Waals surface area contributed by atoms with Crippen LogP contribution in [0.4, 0.5) is 5.95 Å². The van der Waals surface area contributed by atoms with Crippen molar-refractivity contribution in [2.45, 2.75) is 77.0 Å². The number of fused-ring (bicyclic) bond motifs is 1. The highest BCUT2D eigenvalue weighted by atomic mass is 16.2. The topological polar surface area (TPSA) is 52.6 Å². The summed E-state index contributed by atoms with van der Waals surface area (Å²) in [6.07, 6.45) is 9.38. The molecule has 2 atom stereocenters. The SMILES string of the molecule is Cc1cccc(CN2C(=O)CCCC[C@@H]3[C@@H]2CCN3Cc2ccnc(N3CCCC3)n2)c1. The van der Waals surface area contributed by atoms with Gasteiger partial charge in [0, 0.05) is 57.4 Å². The maximum absolute atomic E-state index is 13.1. The van der Waals surface area contributed by atoms with Crippen molar-refractivity contribution in [3.8, 4) is 0 Å². The van der Waals surface area contributed by atoms with Gasteiger partial charge in [0.2, 0.25) is 11.9 Å². The van der Waals surface area contributed by atoms with Crippen LogP contribution in [0.5, 0.6) is 0 Å². The lowest BCUT2D eigenvalue weighted by atomic mass is 9.96. The number of anilines is 1. The number of carbonyl (C=O) groups excluding carboxylic acids is 1. The maximum Gasteiger partial charge on any atom is 0.225 e. The third-order valence-electron chi connectivity index (χ3n) is 7.38. The summed E-state index contributed by atoms with van der Waals surface area (Å²) in [6.45, 7) is 6.84. The van der Waals surface area contributed by atoms with Crippen LogP contribution < -0.4 is 4.90 Å². The predicted octanol–water partition coefficient (Wildman–Crippen LogP) is 3.93. The number of aromatic nitrogens is 2. The van der Waals surface area contributed by atoms with E-state index >= 15 is 0 Å². The van der Waals surface area contributed by atoms with Gasteiger partial charge in [-0.3, -0.25) is 9.69 Å². The zero-order valence-corrected chi connectivity index (χ0v) is 19.2. The minimum Gasteiger partial charge on any atom is -0.341 e. The van der Waals surface area contributed by atoms with Gasteiger partial charge in [-0.05, 0) is 50.7 Å². The number of nitrogens with zero attached hydrogens (tertiary/aromatic N) is 5. The molecule has 1 aromatic carbocycles. The summed E-state index contributed by atoms with van der Waals surface area (Å²) in [7, 11) is 0. The highest BCUT2D eigenvalue weighted by molar-refractivity contribution is 5.76. The van der Waals surface area contributed by atoms with E-state index in [1.807, 2.05) is 6.20 Å². The van der Waals surface area contributed by atoms with Gasteiger partial charge in [-0.1, -0.05) is 36.2 Å². The second-order valence-corrected chi connectivity index (χ2v) is 9.69. The van der Waals surface area contributed by atoms with Crippen molar-refractivity contribution in [2.75, 3.05) is 24.5 Å². The van der Waals surface area contributed by atoms with Crippen LogP contribution in [0.25, 0.3) is 0 Å². The Kier molecular flexibility index (Phi) is 6.39. The number of aryl methyl sites for hydroxylation is 1. The van der Waals surface area contributed by atoms with Crippen molar-refractivity contribution in [2.24, 2.45) is 0 Å². The van der Waals surface area contributed by atoms with E-state index in [4.69, 9.17) is 4.98 Å². The standard InChI is InChI=1S/C26H35N5O/c1-20-7-6-8-21(17-20)18-31-24-12-16-30(23(24)9-2-3-10-25(31)32)19-22-11-13-27-26(28-22)29-14-4-5-15-29/h6-8,11,13,17,23-24H,2-5,9-10,12,14-16,18-19H2,1H3/t23-,24+/m1/s1. The largest absolute Gasteiger partial charge is 0.341 e. The van der Waals surface area contributed by atoms with Crippen molar-refractivity contribution in [1.29, 1.82) is 0 Å². The molecular weight excluding hydrogens is 398 g/mol. The van der Waals surface area contributed by atoms with Crippen LogP contribution in [-0.4, -0.2) is 57.4 Å². The molecule has 4 heterocycles. The molecule has 3 fully saturated rings. The van der Waals surface area contributed by atoms with E-state index in [9.17, 15) is 4.79 Å². The average Bonchev–Trinajstić information content (AvgIpc) is 3.45. The van der Waals surface area contributed by atoms with Gasteiger partial charge in [-0.25, -0.2) is 9.97 Å². The molecule has 32 heavy (non-hydrogen) atoms. The van der Waals surface area contributed by atoms with E-state index in [1.54, 1.807) is 0 Å². The van der Waals surface area contributed by atoms with E-state index in [-0.39, 0.29) is 0 Å². The van der Waals surface area contributed by atoms with Crippen LogP contribution in [0, 0.1) is 6.92 Å². The number of amides is 1. The van der Waals surface area contributed by atoms with Gasteiger partial charge < -0.3 is 9.80 Å². The molecule has 6 nitrogen and oxygen atoms in total. The van der Waals surface area contributed by atoms with E-state index in [2.05, 4.69) is 56.9 Å². The molecule has 0 saturated carbocycles. The van der Waals surface area contributed by atoms with Gasteiger partial charge in [-0.2, -0.15) is 0 Å². The molecule has 3 aliphatic rings. The molecule has 1 aromatic heterocycles. The van der Waals surface area contributed by atoms with Crippen LogP contribution in [0.3, 0.4) is 0 Å². The van der Waals surface area contributed by atoms with Gasteiger partial charge in [0.15, 0.2) is 0 Å². The van der Waals surface area contributed by atoms with Gasteiger partial charge >= 0.3 is 0 Å².